The van der Waals surface area contributed by atoms with E-state index in [2.05, 4.69) is 16.0 Å². The number of rotatable bonds is 3. The van der Waals surface area contributed by atoms with Gasteiger partial charge in [0.15, 0.2) is 5.78 Å². The van der Waals surface area contributed by atoms with E-state index in [4.69, 9.17) is 11.6 Å². The third-order valence-corrected chi connectivity index (χ3v) is 4.26. The maximum absolute atomic E-state index is 11.7. The van der Waals surface area contributed by atoms with Crippen molar-refractivity contribution in [3.8, 4) is 0 Å². The molecule has 0 saturated carbocycles. The van der Waals surface area contributed by atoms with Crippen LogP contribution in [0.5, 0.6) is 0 Å². The molecule has 1 aliphatic heterocycles. The number of hydrogen-bond donors (Lipinski definition) is 0. The van der Waals surface area contributed by atoms with E-state index in [1.165, 1.54) is 6.33 Å². The molecule has 1 aromatic heterocycles. The lowest BCUT2D eigenvalue weighted by Gasteiger charge is -2.28. The molecule has 0 radical (unpaired) electrons. The van der Waals surface area contributed by atoms with Crippen LogP contribution in [0.15, 0.2) is 30.7 Å². The lowest BCUT2D eigenvalue weighted by Crippen LogP contribution is -2.36. The summed E-state index contributed by atoms with van der Waals surface area (Å²) in [6, 6.07) is 6.05. The molecule has 114 valence electrons. The van der Waals surface area contributed by atoms with E-state index in [-0.39, 0.29) is 5.78 Å². The minimum absolute atomic E-state index is 0.268. The number of Topliss-reactive ketones (excluding diaryl/α,β-unsaturated/α-hetero) is 1. The van der Waals surface area contributed by atoms with Gasteiger partial charge in [0.1, 0.15) is 12.1 Å². The number of ketones is 1. The molecule has 3 rings (SSSR count). The van der Waals surface area contributed by atoms with Crippen LogP contribution in [0.25, 0.3) is 0 Å². The minimum Gasteiger partial charge on any atom is -0.349 e. The molecule has 0 aliphatic carbocycles. The molecule has 1 aromatic carbocycles. The summed E-state index contributed by atoms with van der Waals surface area (Å²) in [5.74, 6) is 1.11. The zero-order chi connectivity index (χ0) is 15.5. The van der Waals surface area contributed by atoms with Crippen LogP contribution in [-0.4, -0.2) is 28.8 Å². The van der Waals surface area contributed by atoms with Crippen LogP contribution in [0.1, 0.15) is 29.5 Å². The highest BCUT2D eigenvalue weighted by Gasteiger charge is 2.20. The first-order chi connectivity index (χ1) is 10.6. The van der Waals surface area contributed by atoms with Gasteiger partial charge < -0.3 is 4.90 Å². The van der Waals surface area contributed by atoms with Gasteiger partial charge in [-0.1, -0.05) is 23.7 Å². The third-order valence-electron chi connectivity index (χ3n) is 3.90. The summed E-state index contributed by atoms with van der Waals surface area (Å²) in [6.07, 6.45) is 5.57. The van der Waals surface area contributed by atoms with Crippen molar-refractivity contribution in [1.29, 1.82) is 0 Å². The summed E-state index contributed by atoms with van der Waals surface area (Å²) in [4.78, 5) is 22.3. The van der Waals surface area contributed by atoms with E-state index >= 15 is 0 Å². The van der Waals surface area contributed by atoms with Crippen LogP contribution in [-0.2, 0) is 11.2 Å². The van der Waals surface area contributed by atoms with Crippen molar-refractivity contribution < 1.29 is 4.79 Å². The van der Waals surface area contributed by atoms with Crippen LogP contribution in [0.3, 0.4) is 0 Å². The number of carbonyl (C=O) groups is 1. The Morgan fingerprint density at radius 1 is 1.32 bits per heavy atom. The molecule has 22 heavy (non-hydrogen) atoms. The molecular formula is C17H18ClN3O. The van der Waals surface area contributed by atoms with E-state index < -0.39 is 0 Å². The highest BCUT2D eigenvalue weighted by molar-refractivity contribution is 6.31. The van der Waals surface area contributed by atoms with Gasteiger partial charge in [-0.25, -0.2) is 9.97 Å². The molecule has 2 aromatic rings. The largest absolute Gasteiger partial charge is 0.349 e. The van der Waals surface area contributed by atoms with E-state index in [9.17, 15) is 4.79 Å². The third kappa shape index (κ3) is 3.28. The lowest BCUT2D eigenvalue weighted by atomic mass is 10.0. The van der Waals surface area contributed by atoms with Crippen LogP contribution in [0.4, 0.5) is 5.82 Å². The fourth-order valence-corrected chi connectivity index (χ4v) is 3.08. The van der Waals surface area contributed by atoms with E-state index in [0.717, 1.165) is 40.5 Å². The number of aromatic nitrogens is 2. The first-order valence-electron chi connectivity index (χ1n) is 7.44. The Morgan fingerprint density at radius 2 is 2.18 bits per heavy atom. The molecule has 4 nitrogen and oxygen atoms in total. The molecule has 1 aliphatic rings. The Kier molecular flexibility index (Phi) is 4.39. The van der Waals surface area contributed by atoms with Gasteiger partial charge in [-0.2, -0.15) is 0 Å². The van der Waals surface area contributed by atoms with E-state index in [1.807, 2.05) is 30.2 Å². The molecule has 5 heteroatoms. The summed E-state index contributed by atoms with van der Waals surface area (Å²) >= 11 is 6.33. The van der Waals surface area contributed by atoms with Crippen molar-refractivity contribution in [2.24, 2.45) is 0 Å². The van der Waals surface area contributed by atoms with E-state index in [1.54, 1.807) is 0 Å². The molecule has 1 fully saturated rings. The quantitative estimate of drug-likeness (QED) is 0.872. The van der Waals surface area contributed by atoms with Gasteiger partial charge >= 0.3 is 0 Å². The monoisotopic (exact) mass is 315 g/mol. The van der Waals surface area contributed by atoms with Crippen LogP contribution in [0, 0.1) is 6.92 Å². The summed E-state index contributed by atoms with van der Waals surface area (Å²) in [6.45, 7) is 3.31. The standard InChI is InChI=1S/C17H18ClN3O/c1-12-4-5-13(16(18)7-12)8-14-9-19-11-20-17(14)21-6-2-3-15(22)10-21/h4-5,7,9,11H,2-3,6,8,10H2,1H3. The number of piperidine rings is 1. The van der Waals surface area contributed by atoms with Crippen molar-refractivity contribution in [1.82, 2.24) is 9.97 Å². The molecule has 0 amide bonds. The lowest BCUT2D eigenvalue weighted by molar-refractivity contribution is -0.118. The normalized spacial score (nSPS) is 15.2. The SMILES string of the molecule is Cc1ccc(Cc2cncnc2N2CCCC(=O)C2)c(Cl)c1. The number of carbonyl (C=O) groups excluding carboxylic acids is 1. The second-order valence-electron chi connectivity index (χ2n) is 5.71. The molecule has 0 atom stereocenters. The Morgan fingerprint density at radius 3 is 2.95 bits per heavy atom. The number of benzene rings is 1. The number of halogens is 1. The second-order valence-corrected chi connectivity index (χ2v) is 6.11. The summed E-state index contributed by atoms with van der Waals surface area (Å²) in [7, 11) is 0. The molecule has 0 N–H and O–H groups in total. The Hall–Kier alpha value is -1.94. The van der Waals surface area contributed by atoms with Gasteiger partial charge in [0, 0.05) is 36.2 Å². The molecule has 1 saturated heterocycles. The number of aryl methyl sites for hydroxylation is 1. The molecule has 0 unspecified atom stereocenters. The summed E-state index contributed by atoms with van der Waals surface area (Å²) < 4.78 is 0. The smallest absolute Gasteiger partial charge is 0.152 e. The van der Waals surface area contributed by atoms with Gasteiger partial charge in [-0.15, -0.1) is 0 Å². The molecule has 2 heterocycles. The van der Waals surface area contributed by atoms with Gasteiger partial charge in [0.2, 0.25) is 0 Å². The molecule has 0 bridgehead atoms. The van der Waals surface area contributed by atoms with Crippen molar-refractivity contribution in [3.05, 3.63) is 52.4 Å². The predicted molar refractivity (Wildman–Crippen MR) is 87.5 cm³/mol. The van der Waals surface area contributed by atoms with Crippen LogP contribution < -0.4 is 4.90 Å². The van der Waals surface area contributed by atoms with Crippen molar-refractivity contribution in [2.45, 2.75) is 26.2 Å². The fraction of sp³-hybridized carbons (Fsp3) is 0.353. The van der Waals surface area contributed by atoms with E-state index in [0.29, 0.717) is 19.4 Å². The number of hydrogen-bond acceptors (Lipinski definition) is 4. The first kappa shape index (κ1) is 15.0. The summed E-state index contributed by atoms with van der Waals surface area (Å²) in [5.41, 5.74) is 3.19. The zero-order valence-corrected chi connectivity index (χ0v) is 13.3. The van der Waals surface area contributed by atoms with Gasteiger partial charge in [0.25, 0.3) is 0 Å². The number of nitrogens with zero attached hydrogens (tertiary/aromatic N) is 3. The minimum atomic E-state index is 0.268. The van der Waals surface area contributed by atoms with Crippen molar-refractivity contribution in [3.63, 3.8) is 0 Å². The highest BCUT2D eigenvalue weighted by atomic mass is 35.5. The molecular weight excluding hydrogens is 298 g/mol. The first-order valence-corrected chi connectivity index (χ1v) is 7.82. The van der Waals surface area contributed by atoms with Gasteiger partial charge in [-0.3, -0.25) is 4.79 Å². The summed E-state index contributed by atoms with van der Waals surface area (Å²) in [5, 5.41) is 0.754. The van der Waals surface area contributed by atoms with Crippen LogP contribution in [0.2, 0.25) is 5.02 Å². The Labute approximate surface area is 135 Å². The zero-order valence-electron chi connectivity index (χ0n) is 12.6. The van der Waals surface area contributed by atoms with Crippen LogP contribution >= 0.6 is 11.6 Å². The van der Waals surface area contributed by atoms with Gasteiger partial charge in [-0.05, 0) is 30.5 Å². The second kappa shape index (κ2) is 6.44. The predicted octanol–water partition coefficient (Wildman–Crippen LogP) is 3.20. The average Bonchev–Trinajstić information content (AvgIpc) is 2.50. The fourth-order valence-electron chi connectivity index (χ4n) is 2.78. The van der Waals surface area contributed by atoms with Gasteiger partial charge in [0.05, 0.1) is 6.54 Å². The average molecular weight is 316 g/mol. The Bertz CT molecular complexity index is 702. The van der Waals surface area contributed by atoms with Crippen molar-refractivity contribution in [2.75, 3.05) is 18.0 Å². The topological polar surface area (TPSA) is 46.1 Å². The highest BCUT2D eigenvalue weighted by Crippen LogP contribution is 2.26. The Balaban J connectivity index is 1.89. The molecule has 0 spiro atoms. The van der Waals surface area contributed by atoms with Crippen molar-refractivity contribution >= 4 is 23.2 Å². The maximum atomic E-state index is 11.7. The maximum Gasteiger partial charge on any atom is 0.152 e. The number of anilines is 1.